The molecule has 0 fully saturated rings. The lowest BCUT2D eigenvalue weighted by atomic mass is 9.95. The van der Waals surface area contributed by atoms with E-state index >= 15 is 0 Å². The molecule has 4 aromatic heterocycles. The Morgan fingerprint density at radius 3 is 1.02 bits per heavy atom. The lowest BCUT2D eigenvalue weighted by molar-refractivity contribution is 0.0816. The van der Waals surface area contributed by atoms with Gasteiger partial charge in [0.15, 0.2) is 46.5 Å². The Bertz CT molecular complexity index is 2310. The third-order valence-corrected chi connectivity index (χ3v) is 12.4. The molecule has 0 saturated carbocycles. The number of hydrogen-bond donors (Lipinski definition) is 0. The molecule has 6 aromatic rings. The van der Waals surface area contributed by atoms with Crippen LogP contribution in [0.3, 0.4) is 0 Å². The highest BCUT2D eigenvalue weighted by Crippen LogP contribution is 2.50. The summed E-state index contributed by atoms with van der Waals surface area (Å²) in [5, 5.41) is 0. The summed E-state index contributed by atoms with van der Waals surface area (Å²) in [6.45, 7) is 0. The summed E-state index contributed by atoms with van der Waals surface area (Å²) in [7, 11) is 0. The van der Waals surface area contributed by atoms with Crippen LogP contribution in [0.5, 0.6) is 0 Å². The molecule has 1 aliphatic rings. The third-order valence-electron chi connectivity index (χ3n) is 7.38. The van der Waals surface area contributed by atoms with E-state index in [9.17, 15) is 63.1 Å². The highest BCUT2D eigenvalue weighted by molar-refractivity contribution is 7.29. The quantitative estimate of drug-likeness (QED) is 0.0556. The first-order valence-electron chi connectivity index (χ1n) is 13.3. The Balaban J connectivity index is 1.22. The minimum absolute atomic E-state index is 0.0368. The molecule has 0 N–H and O–H groups in total. The van der Waals surface area contributed by atoms with E-state index in [4.69, 9.17) is 0 Å². The highest BCUT2D eigenvalue weighted by atomic mass is 32.1. The molecule has 0 bridgehead atoms. The van der Waals surface area contributed by atoms with Crippen molar-refractivity contribution in [1.82, 2.24) is 0 Å². The second-order valence-electron chi connectivity index (χ2n) is 10.2. The minimum Gasteiger partial charge on any atom is -0.287 e. The number of Topliss-reactive ketones (excluding diaryl/α,β-unsaturated/α-hetero) is 2. The molecule has 2 aromatic carbocycles. The van der Waals surface area contributed by atoms with Gasteiger partial charge < -0.3 is 0 Å². The Morgan fingerprint density at radius 1 is 0.400 bits per heavy atom. The average Bonchev–Trinajstić information content (AvgIpc) is 3.92. The second kappa shape index (κ2) is 11.9. The van der Waals surface area contributed by atoms with Gasteiger partial charge in [0.1, 0.15) is 11.1 Å². The van der Waals surface area contributed by atoms with Gasteiger partial charge in [-0.1, -0.05) is 0 Å². The first-order valence-corrected chi connectivity index (χ1v) is 16.6. The second-order valence-corrected chi connectivity index (χ2v) is 14.5. The van der Waals surface area contributed by atoms with E-state index in [2.05, 4.69) is 0 Å². The lowest BCUT2D eigenvalue weighted by Gasteiger charge is -2.08. The predicted molar refractivity (Wildman–Crippen MR) is 162 cm³/mol. The van der Waals surface area contributed by atoms with Gasteiger partial charge in [0, 0.05) is 30.6 Å². The first-order chi connectivity index (χ1) is 23.6. The summed E-state index contributed by atoms with van der Waals surface area (Å²) in [5.41, 5.74) is -3.37. The summed E-state index contributed by atoms with van der Waals surface area (Å²) in [4.78, 5) is 52.6. The van der Waals surface area contributed by atoms with Crippen LogP contribution in [0, 0.1) is 58.2 Å². The number of rotatable bonds is 6. The van der Waals surface area contributed by atoms with Crippen molar-refractivity contribution in [3.8, 4) is 29.3 Å². The van der Waals surface area contributed by atoms with Crippen molar-refractivity contribution >= 4 is 68.5 Å². The van der Waals surface area contributed by atoms with Crippen molar-refractivity contribution in [1.29, 1.82) is 0 Å². The lowest BCUT2D eigenvalue weighted by Crippen LogP contribution is -2.18. The maximum Gasteiger partial charge on any atom is 0.235 e. The molecule has 0 saturated heterocycles. The van der Waals surface area contributed by atoms with Crippen molar-refractivity contribution in [2.45, 2.75) is 0 Å². The number of halogens is 10. The molecule has 1 aliphatic carbocycles. The zero-order chi connectivity index (χ0) is 36.1. The first kappa shape index (κ1) is 33.7. The molecule has 0 unspecified atom stereocenters. The van der Waals surface area contributed by atoms with Crippen LogP contribution >= 0.6 is 45.3 Å². The summed E-state index contributed by atoms with van der Waals surface area (Å²) in [6.07, 6.45) is 0. The third kappa shape index (κ3) is 4.91. The van der Waals surface area contributed by atoms with E-state index in [0.717, 1.165) is 34.8 Å². The molecule has 4 heterocycles. The van der Waals surface area contributed by atoms with Gasteiger partial charge in [-0.05, 0) is 36.4 Å². The Labute approximate surface area is 286 Å². The summed E-state index contributed by atoms with van der Waals surface area (Å²) < 4.78 is 139. The largest absolute Gasteiger partial charge is 0.287 e. The van der Waals surface area contributed by atoms with Crippen LogP contribution in [0.1, 0.15) is 51.2 Å². The van der Waals surface area contributed by atoms with Crippen LogP contribution in [0.2, 0.25) is 0 Å². The normalized spacial score (nSPS) is 12.4. The van der Waals surface area contributed by atoms with Gasteiger partial charge in [-0.15, -0.1) is 45.3 Å². The van der Waals surface area contributed by atoms with Crippen LogP contribution in [0.4, 0.5) is 43.9 Å². The standard InChI is InChI=1S/C32H6F10O4S4/c33-17-15(18(34)22(38)25(41)21(17)37)29(45)11-3-1-9(47-11)13-5-7-27(43)28(44)8-6-14(50-32(8)31(7)49-13)10-2-4-12(48-10)30(46)16-19(35)23(39)26(42)24(40)20(16)36/h1-6H. The van der Waals surface area contributed by atoms with Crippen LogP contribution in [-0.2, 0) is 0 Å². The molecule has 50 heavy (non-hydrogen) atoms. The number of hydrogen-bond acceptors (Lipinski definition) is 8. The molecule has 0 amide bonds. The zero-order valence-electron chi connectivity index (χ0n) is 23.5. The van der Waals surface area contributed by atoms with Gasteiger partial charge in [-0.25, -0.2) is 43.9 Å². The van der Waals surface area contributed by atoms with Gasteiger partial charge in [0.25, 0.3) is 0 Å². The molecule has 252 valence electrons. The van der Waals surface area contributed by atoms with Crippen molar-refractivity contribution < 1.29 is 63.1 Å². The number of thiophene rings is 4. The fourth-order valence-corrected chi connectivity index (χ4v) is 9.52. The van der Waals surface area contributed by atoms with E-state index in [0.29, 0.717) is 42.2 Å². The van der Waals surface area contributed by atoms with E-state index in [1.807, 2.05) is 0 Å². The van der Waals surface area contributed by atoms with Crippen molar-refractivity contribution in [2.75, 3.05) is 0 Å². The minimum atomic E-state index is -2.43. The van der Waals surface area contributed by atoms with Crippen LogP contribution < -0.4 is 0 Å². The average molecular weight is 773 g/mol. The molecule has 0 radical (unpaired) electrons. The highest BCUT2D eigenvalue weighted by Gasteiger charge is 2.37. The molecule has 7 rings (SSSR count). The SMILES string of the molecule is O=C1C(=O)c2cc(-c3ccc(C(=O)c4c(F)c(F)c(F)c(F)c4F)s3)sc2-c2sc(-c3ccc(C(=O)c4c(F)c(F)c(F)c(F)c4F)s3)cc21. The van der Waals surface area contributed by atoms with Gasteiger partial charge in [-0.2, -0.15) is 0 Å². The predicted octanol–water partition coefficient (Wildman–Crippen LogP) is 10.2. The number of benzene rings is 2. The van der Waals surface area contributed by atoms with Crippen molar-refractivity contribution in [3.63, 3.8) is 0 Å². The number of ketones is 4. The maximum absolute atomic E-state index is 14.3. The Hall–Kier alpha value is -4.78. The zero-order valence-corrected chi connectivity index (χ0v) is 26.8. The molecule has 0 atom stereocenters. The van der Waals surface area contributed by atoms with E-state index < -0.39 is 102 Å². The van der Waals surface area contributed by atoms with Crippen LogP contribution in [0.25, 0.3) is 29.3 Å². The number of fused-ring (bicyclic) bond motifs is 3. The van der Waals surface area contributed by atoms with Crippen molar-refractivity contribution in [3.05, 3.63) is 127 Å². The van der Waals surface area contributed by atoms with Gasteiger partial charge >= 0.3 is 0 Å². The summed E-state index contributed by atoms with van der Waals surface area (Å²) >= 11 is 3.20. The van der Waals surface area contributed by atoms with Gasteiger partial charge in [0.05, 0.1) is 19.5 Å². The number of carbonyl (C=O) groups is 4. The fourth-order valence-electron chi connectivity index (χ4n) is 4.98. The fraction of sp³-hybridized carbons (Fsp3) is 0. The van der Waals surface area contributed by atoms with Crippen LogP contribution in [-0.4, -0.2) is 23.1 Å². The molecular weight excluding hydrogens is 767 g/mol. The molecule has 0 aliphatic heterocycles. The Morgan fingerprint density at radius 2 is 0.700 bits per heavy atom. The van der Waals surface area contributed by atoms with Crippen molar-refractivity contribution in [2.24, 2.45) is 0 Å². The summed E-state index contributed by atoms with van der Waals surface area (Å²) in [5.74, 6) is -28.1. The monoisotopic (exact) mass is 772 g/mol. The van der Waals surface area contributed by atoms with Crippen LogP contribution in [0.15, 0.2) is 36.4 Å². The van der Waals surface area contributed by atoms with E-state index in [1.54, 1.807) is 0 Å². The molecule has 4 nitrogen and oxygen atoms in total. The van der Waals surface area contributed by atoms with Gasteiger partial charge in [0.2, 0.25) is 34.8 Å². The molecule has 0 spiro atoms. The molecule has 18 heteroatoms. The number of carbonyl (C=O) groups excluding carboxylic acids is 4. The topological polar surface area (TPSA) is 68.3 Å². The van der Waals surface area contributed by atoms with E-state index in [1.165, 1.54) is 24.3 Å². The smallest absolute Gasteiger partial charge is 0.235 e. The maximum atomic E-state index is 14.3. The van der Waals surface area contributed by atoms with E-state index in [-0.39, 0.29) is 20.9 Å². The van der Waals surface area contributed by atoms with Gasteiger partial charge in [-0.3, -0.25) is 19.2 Å². The summed E-state index contributed by atoms with van der Waals surface area (Å²) in [6, 6.07) is 7.44. The molecular formula is C32H6F10O4S4. The Kier molecular flexibility index (Phi) is 8.04.